The Morgan fingerprint density at radius 1 is 1.37 bits per heavy atom. The Morgan fingerprint density at radius 3 is 2.84 bits per heavy atom. The van der Waals surface area contributed by atoms with Crippen LogP contribution in [0.2, 0.25) is 0 Å². The van der Waals surface area contributed by atoms with Gasteiger partial charge in [0, 0.05) is 0 Å². The summed E-state index contributed by atoms with van der Waals surface area (Å²) >= 11 is 0. The van der Waals surface area contributed by atoms with Crippen LogP contribution in [0.5, 0.6) is 0 Å². The summed E-state index contributed by atoms with van der Waals surface area (Å²) < 4.78 is 4.54. The molecule has 2 N–H and O–H groups in total. The fraction of sp³-hybridized carbons (Fsp3) is 0.167. The number of rotatable bonds is 3. The molecule has 2 aromatic rings. The Hall–Kier alpha value is -2.70. The maximum Gasteiger partial charge on any atom is 0.535 e. The second-order valence-corrected chi connectivity index (χ2v) is 3.49. The molecule has 2 rings (SSSR count). The van der Waals surface area contributed by atoms with E-state index in [1.807, 2.05) is 18.2 Å². The minimum atomic E-state index is -0.917. The number of oxime groups is 1. The number of nitrogens with zero attached hydrogens (tertiary/aromatic N) is 3. The first-order chi connectivity index (χ1) is 9.20. The zero-order valence-corrected chi connectivity index (χ0v) is 10.2. The quantitative estimate of drug-likeness (QED) is 0.294. The third-order valence-corrected chi connectivity index (χ3v) is 2.19. The summed E-state index contributed by atoms with van der Waals surface area (Å²) in [5.41, 5.74) is 7.38. The molecular weight excluding hydrogens is 248 g/mol. The Morgan fingerprint density at radius 2 is 2.11 bits per heavy atom. The number of benzene rings is 1. The predicted molar refractivity (Wildman–Crippen MR) is 68.4 cm³/mol. The number of aromatic nitrogens is 2. The first-order valence-electron chi connectivity index (χ1n) is 5.60. The molecule has 7 heteroatoms. The summed E-state index contributed by atoms with van der Waals surface area (Å²) in [5.74, 6) is -0.0497. The van der Waals surface area contributed by atoms with Crippen LogP contribution in [-0.2, 0) is 9.57 Å². The number of nitrogens with two attached hydrogens (primary N) is 1. The molecular formula is C12H12N4O3. The van der Waals surface area contributed by atoms with E-state index >= 15 is 0 Å². The van der Waals surface area contributed by atoms with E-state index in [-0.39, 0.29) is 12.4 Å². The smallest absolute Gasteiger partial charge is 0.433 e. The molecule has 0 aliphatic carbocycles. The predicted octanol–water partition coefficient (Wildman–Crippen LogP) is 1.42. The highest BCUT2D eigenvalue weighted by Crippen LogP contribution is 2.08. The first kappa shape index (κ1) is 12.7. The van der Waals surface area contributed by atoms with Gasteiger partial charge >= 0.3 is 6.16 Å². The zero-order chi connectivity index (χ0) is 13.7. The van der Waals surface area contributed by atoms with Crippen molar-refractivity contribution in [2.45, 2.75) is 6.92 Å². The van der Waals surface area contributed by atoms with E-state index < -0.39 is 6.16 Å². The molecule has 1 heterocycles. The van der Waals surface area contributed by atoms with Crippen molar-refractivity contribution in [3.05, 3.63) is 36.2 Å². The van der Waals surface area contributed by atoms with Crippen molar-refractivity contribution in [1.29, 1.82) is 0 Å². The van der Waals surface area contributed by atoms with Gasteiger partial charge in [0.25, 0.3) is 0 Å². The van der Waals surface area contributed by atoms with Crippen LogP contribution in [0.4, 0.5) is 4.79 Å². The zero-order valence-electron chi connectivity index (χ0n) is 10.2. The third-order valence-electron chi connectivity index (χ3n) is 2.19. The SMILES string of the molecule is CCOC(=O)O/N=C(/N)c1cnc2ccccc2n1. The van der Waals surface area contributed by atoms with Gasteiger partial charge in [0.2, 0.25) is 0 Å². The van der Waals surface area contributed by atoms with Crippen LogP contribution in [-0.4, -0.2) is 28.6 Å². The van der Waals surface area contributed by atoms with Gasteiger partial charge in [-0.3, -0.25) is 9.82 Å². The molecule has 0 atom stereocenters. The molecule has 0 fully saturated rings. The number of amidine groups is 1. The summed E-state index contributed by atoms with van der Waals surface area (Å²) in [6.07, 6.45) is 0.537. The second kappa shape index (κ2) is 5.76. The van der Waals surface area contributed by atoms with E-state index in [1.165, 1.54) is 6.20 Å². The maximum atomic E-state index is 10.9. The summed E-state index contributed by atoms with van der Waals surface area (Å²) in [6.45, 7) is 1.85. The van der Waals surface area contributed by atoms with Crippen LogP contribution in [0.25, 0.3) is 11.0 Å². The van der Waals surface area contributed by atoms with Gasteiger partial charge in [-0.15, -0.1) is 0 Å². The first-order valence-corrected chi connectivity index (χ1v) is 5.60. The molecule has 1 aromatic heterocycles. The molecule has 0 bridgehead atoms. The number of hydrogen-bond acceptors (Lipinski definition) is 6. The highest BCUT2D eigenvalue weighted by atomic mass is 16.8. The lowest BCUT2D eigenvalue weighted by Gasteiger charge is -2.01. The van der Waals surface area contributed by atoms with Crippen molar-refractivity contribution in [1.82, 2.24) is 9.97 Å². The monoisotopic (exact) mass is 260 g/mol. The average molecular weight is 260 g/mol. The van der Waals surface area contributed by atoms with Crippen molar-refractivity contribution in [3.63, 3.8) is 0 Å². The number of hydrogen-bond donors (Lipinski definition) is 1. The third kappa shape index (κ3) is 3.15. The molecule has 1 aromatic carbocycles. The van der Waals surface area contributed by atoms with Gasteiger partial charge in [-0.1, -0.05) is 17.3 Å². The Bertz CT molecular complexity index is 627. The summed E-state index contributed by atoms with van der Waals surface area (Å²) in [5, 5.41) is 3.44. The van der Waals surface area contributed by atoms with E-state index in [2.05, 4.69) is 24.7 Å². The molecule has 0 saturated heterocycles. The largest absolute Gasteiger partial charge is 0.535 e. The maximum absolute atomic E-state index is 10.9. The van der Waals surface area contributed by atoms with Crippen molar-refractivity contribution >= 4 is 23.0 Å². The van der Waals surface area contributed by atoms with Gasteiger partial charge in [-0.05, 0) is 19.1 Å². The highest BCUT2D eigenvalue weighted by molar-refractivity contribution is 5.96. The Balaban J connectivity index is 2.19. The standard InChI is InChI=1S/C12H12N4O3/c1-2-18-12(17)19-16-11(13)10-7-14-8-5-3-4-6-9(8)15-10/h3-7H,2H2,1H3,(H2,13,16). The summed E-state index contributed by atoms with van der Waals surface area (Å²) in [7, 11) is 0. The van der Waals surface area contributed by atoms with E-state index in [4.69, 9.17) is 5.73 Å². The molecule has 0 aliphatic rings. The average Bonchev–Trinajstić information content (AvgIpc) is 2.44. The Labute approximate surface area is 109 Å². The van der Waals surface area contributed by atoms with Gasteiger partial charge in [-0.2, -0.15) is 0 Å². The van der Waals surface area contributed by atoms with E-state index in [1.54, 1.807) is 13.0 Å². The number of carbonyl (C=O) groups excluding carboxylic acids is 1. The summed E-state index contributed by atoms with van der Waals surface area (Å²) in [4.78, 5) is 23.8. The number of fused-ring (bicyclic) bond motifs is 1. The normalized spacial score (nSPS) is 11.3. The molecule has 0 amide bonds. The van der Waals surface area contributed by atoms with Gasteiger partial charge in [0.1, 0.15) is 5.69 Å². The fourth-order valence-electron chi connectivity index (χ4n) is 1.36. The van der Waals surface area contributed by atoms with Crippen LogP contribution < -0.4 is 5.73 Å². The van der Waals surface area contributed by atoms with Crippen molar-refractivity contribution in [2.24, 2.45) is 10.9 Å². The lowest BCUT2D eigenvalue weighted by atomic mass is 10.3. The number of carbonyl (C=O) groups is 1. The van der Waals surface area contributed by atoms with Crippen molar-refractivity contribution < 1.29 is 14.4 Å². The van der Waals surface area contributed by atoms with Crippen LogP contribution >= 0.6 is 0 Å². The van der Waals surface area contributed by atoms with Crippen molar-refractivity contribution in [3.8, 4) is 0 Å². The van der Waals surface area contributed by atoms with Crippen molar-refractivity contribution in [2.75, 3.05) is 6.61 Å². The molecule has 0 radical (unpaired) electrons. The molecule has 98 valence electrons. The molecule has 0 spiro atoms. The molecule has 0 aliphatic heterocycles. The van der Waals surface area contributed by atoms with Gasteiger partial charge in [0.15, 0.2) is 5.84 Å². The summed E-state index contributed by atoms with van der Waals surface area (Å²) in [6, 6.07) is 7.32. The van der Waals surface area contributed by atoms with Crippen LogP contribution in [0.1, 0.15) is 12.6 Å². The number of ether oxygens (including phenoxy) is 1. The van der Waals surface area contributed by atoms with Gasteiger partial charge < -0.3 is 10.5 Å². The van der Waals surface area contributed by atoms with Crippen LogP contribution in [0.3, 0.4) is 0 Å². The van der Waals surface area contributed by atoms with E-state index in [0.717, 1.165) is 5.52 Å². The number of para-hydroxylation sites is 2. The Kier molecular flexibility index (Phi) is 3.87. The van der Waals surface area contributed by atoms with E-state index in [0.29, 0.717) is 11.2 Å². The lowest BCUT2D eigenvalue weighted by Crippen LogP contribution is -2.17. The van der Waals surface area contributed by atoms with Crippen LogP contribution in [0, 0.1) is 0 Å². The minimum absolute atomic E-state index is 0.0497. The molecule has 0 unspecified atom stereocenters. The second-order valence-electron chi connectivity index (χ2n) is 3.49. The van der Waals surface area contributed by atoms with E-state index in [9.17, 15) is 4.79 Å². The minimum Gasteiger partial charge on any atom is -0.433 e. The topological polar surface area (TPSA) is 99.7 Å². The van der Waals surface area contributed by atoms with Gasteiger partial charge in [0.05, 0.1) is 23.8 Å². The van der Waals surface area contributed by atoms with Crippen LogP contribution in [0.15, 0.2) is 35.6 Å². The highest BCUT2D eigenvalue weighted by Gasteiger charge is 2.06. The lowest BCUT2D eigenvalue weighted by molar-refractivity contribution is 0.0612. The van der Waals surface area contributed by atoms with Gasteiger partial charge in [-0.25, -0.2) is 9.78 Å². The fourth-order valence-corrected chi connectivity index (χ4v) is 1.36. The molecule has 7 nitrogen and oxygen atoms in total. The molecule has 0 saturated carbocycles. The molecule has 19 heavy (non-hydrogen) atoms.